The van der Waals surface area contributed by atoms with E-state index < -0.39 is 8.24 Å². The number of hydrogen-bond donors (Lipinski definition) is 0. The molecule has 0 saturated carbocycles. The normalized spacial score (nSPS) is 12.7. The fourth-order valence-electron chi connectivity index (χ4n) is 1.53. The second-order valence-corrected chi connectivity index (χ2v) is 11.4. The van der Waals surface area contributed by atoms with E-state index in [0.29, 0.717) is 5.04 Å². The lowest BCUT2D eigenvalue weighted by Gasteiger charge is -2.47. The van der Waals surface area contributed by atoms with Crippen LogP contribution in [0.1, 0.15) is 20.8 Å². The Labute approximate surface area is 108 Å². The zero-order chi connectivity index (χ0) is 13.0. The third kappa shape index (κ3) is 3.79. The molecule has 0 aliphatic rings. The molecule has 0 amide bonds. The fourth-order valence-corrected chi connectivity index (χ4v) is 4.72. The van der Waals surface area contributed by atoms with Gasteiger partial charge in [0.2, 0.25) is 0 Å². The van der Waals surface area contributed by atoms with E-state index >= 15 is 0 Å². The van der Waals surface area contributed by atoms with E-state index in [9.17, 15) is 0 Å². The summed E-state index contributed by atoms with van der Waals surface area (Å²) in [5.74, 6) is 0. The van der Waals surface area contributed by atoms with Gasteiger partial charge in [-0.15, -0.1) is 13.2 Å². The van der Waals surface area contributed by atoms with E-state index in [2.05, 4.69) is 51.5 Å². The summed E-state index contributed by atoms with van der Waals surface area (Å²) < 4.78 is 2.42. The lowest BCUT2D eigenvalue weighted by atomic mass is 9.87. The average molecular weight is 258 g/mol. The quantitative estimate of drug-likeness (QED) is 0.504. The SMILES string of the molecule is C=CCB(Cl)N(CC=C)[Si](C)(C)C(C)(C)C. The first-order chi connectivity index (χ1) is 7.18. The van der Waals surface area contributed by atoms with Gasteiger partial charge in [-0.05, 0) is 11.4 Å². The van der Waals surface area contributed by atoms with Gasteiger partial charge in [0.25, 0.3) is 0 Å². The Balaban J connectivity index is 5.02. The molecule has 0 aromatic rings. The van der Waals surface area contributed by atoms with Crippen molar-refractivity contribution >= 4 is 26.0 Å². The van der Waals surface area contributed by atoms with E-state index in [4.69, 9.17) is 11.5 Å². The molecule has 92 valence electrons. The molecular formula is C12H25BClNSi. The number of hydrogen-bond acceptors (Lipinski definition) is 1. The predicted octanol–water partition coefficient (Wildman–Crippen LogP) is 4.39. The highest BCUT2D eigenvalue weighted by Gasteiger charge is 2.43. The summed E-state index contributed by atoms with van der Waals surface area (Å²) in [6.07, 6.45) is 4.69. The molecule has 4 heteroatoms. The first-order valence-corrected chi connectivity index (χ1v) is 9.19. The molecule has 0 aliphatic heterocycles. The maximum atomic E-state index is 6.46. The first-order valence-electron chi connectivity index (χ1n) is 5.81. The largest absolute Gasteiger partial charge is 0.347 e. The second kappa shape index (κ2) is 6.08. The maximum Gasteiger partial charge on any atom is 0.328 e. The van der Waals surface area contributed by atoms with Crippen molar-refractivity contribution in [1.82, 2.24) is 4.48 Å². The van der Waals surface area contributed by atoms with E-state index in [-0.39, 0.29) is 6.26 Å². The Bertz CT molecular complexity index is 248. The van der Waals surface area contributed by atoms with E-state index in [1.807, 2.05) is 12.2 Å². The molecule has 0 bridgehead atoms. The molecule has 0 rings (SSSR count). The predicted molar refractivity (Wildman–Crippen MR) is 80.7 cm³/mol. The van der Waals surface area contributed by atoms with Crippen molar-refractivity contribution in [3.05, 3.63) is 25.3 Å². The Morgan fingerprint density at radius 2 is 1.75 bits per heavy atom. The maximum absolute atomic E-state index is 6.46. The molecule has 1 nitrogen and oxygen atoms in total. The summed E-state index contributed by atoms with van der Waals surface area (Å²) in [6, 6.07) is 0. The highest BCUT2D eigenvalue weighted by molar-refractivity contribution is 7.10. The molecule has 0 unspecified atom stereocenters. The minimum absolute atomic E-state index is 0.0383. The van der Waals surface area contributed by atoms with Gasteiger partial charge in [0.15, 0.2) is 0 Å². The van der Waals surface area contributed by atoms with Crippen molar-refractivity contribution in [2.24, 2.45) is 0 Å². The molecule has 0 atom stereocenters. The van der Waals surface area contributed by atoms with Crippen LogP contribution in [-0.2, 0) is 0 Å². The summed E-state index contributed by atoms with van der Waals surface area (Å²) >= 11 is 6.46. The molecule has 0 radical (unpaired) electrons. The van der Waals surface area contributed by atoms with Crippen LogP contribution < -0.4 is 0 Å². The van der Waals surface area contributed by atoms with Gasteiger partial charge < -0.3 is 4.48 Å². The standard InChI is InChI=1S/C12H25BClNSi/c1-8-10-13(14)15(11-9-2)16(6,7)12(3,4)5/h8-9H,1-2,10-11H2,3-7H3. The molecular weight excluding hydrogens is 232 g/mol. The van der Waals surface area contributed by atoms with Gasteiger partial charge in [0.05, 0.1) is 0 Å². The van der Waals surface area contributed by atoms with Crippen LogP contribution in [0.3, 0.4) is 0 Å². The van der Waals surface area contributed by atoms with Gasteiger partial charge in [-0.1, -0.05) is 46.0 Å². The summed E-state index contributed by atoms with van der Waals surface area (Å²) in [5, 5.41) is 0.296. The van der Waals surface area contributed by atoms with Crippen LogP contribution in [0.25, 0.3) is 0 Å². The Morgan fingerprint density at radius 1 is 1.25 bits per heavy atom. The topological polar surface area (TPSA) is 3.24 Å². The second-order valence-electron chi connectivity index (χ2n) is 5.71. The van der Waals surface area contributed by atoms with Crippen molar-refractivity contribution in [2.75, 3.05) is 6.54 Å². The third-order valence-electron chi connectivity index (χ3n) is 3.58. The van der Waals surface area contributed by atoms with E-state index in [0.717, 1.165) is 12.9 Å². The fraction of sp³-hybridized carbons (Fsp3) is 0.667. The van der Waals surface area contributed by atoms with Gasteiger partial charge in [0, 0.05) is 6.54 Å². The molecule has 0 spiro atoms. The summed E-state index contributed by atoms with van der Waals surface area (Å²) in [5.41, 5.74) is 0. The highest BCUT2D eigenvalue weighted by atomic mass is 35.5. The molecule has 0 N–H and O–H groups in total. The van der Waals surface area contributed by atoms with Crippen molar-refractivity contribution in [3.63, 3.8) is 0 Å². The third-order valence-corrected chi connectivity index (χ3v) is 9.76. The minimum atomic E-state index is -1.57. The zero-order valence-electron chi connectivity index (χ0n) is 11.4. The van der Waals surface area contributed by atoms with Crippen LogP contribution in [0, 0.1) is 0 Å². The Hall–Kier alpha value is 0.0118. The number of allylic oxidation sites excluding steroid dienone is 1. The van der Waals surface area contributed by atoms with E-state index in [1.165, 1.54) is 0 Å². The van der Waals surface area contributed by atoms with Gasteiger partial charge in [-0.25, -0.2) is 0 Å². The minimum Gasteiger partial charge on any atom is -0.347 e. The number of rotatable bonds is 6. The smallest absolute Gasteiger partial charge is 0.328 e. The van der Waals surface area contributed by atoms with Crippen LogP contribution >= 0.6 is 11.5 Å². The zero-order valence-corrected chi connectivity index (χ0v) is 13.1. The molecule has 0 fully saturated rings. The van der Waals surface area contributed by atoms with E-state index in [1.54, 1.807) is 0 Å². The van der Waals surface area contributed by atoms with Crippen LogP contribution in [0.5, 0.6) is 0 Å². The van der Waals surface area contributed by atoms with Crippen molar-refractivity contribution in [3.8, 4) is 0 Å². The first kappa shape index (κ1) is 16.0. The molecule has 0 aliphatic carbocycles. The summed E-state index contributed by atoms with van der Waals surface area (Å²) in [4.78, 5) is 0. The highest BCUT2D eigenvalue weighted by Crippen LogP contribution is 2.39. The number of halogens is 1. The van der Waals surface area contributed by atoms with Crippen molar-refractivity contribution in [1.29, 1.82) is 0 Å². The lowest BCUT2D eigenvalue weighted by Crippen LogP contribution is -2.59. The van der Waals surface area contributed by atoms with Crippen molar-refractivity contribution < 1.29 is 0 Å². The monoisotopic (exact) mass is 257 g/mol. The van der Waals surface area contributed by atoms with Crippen LogP contribution in [0.4, 0.5) is 0 Å². The molecule has 0 saturated heterocycles. The molecule has 0 aromatic carbocycles. The van der Waals surface area contributed by atoms with Crippen LogP contribution in [-0.4, -0.2) is 25.5 Å². The molecule has 16 heavy (non-hydrogen) atoms. The van der Waals surface area contributed by atoms with Crippen molar-refractivity contribution in [2.45, 2.75) is 45.2 Å². The Morgan fingerprint density at radius 3 is 2.06 bits per heavy atom. The summed E-state index contributed by atoms with van der Waals surface area (Å²) in [7, 11) is -1.57. The van der Waals surface area contributed by atoms with Gasteiger partial charge >= 0.3 is 6.26 Å². The van der Waals surface area contributed by atoms with Crippen LogP contribution in [0.15, 0.2) is 25.3 Å². The van der Waals surface area contributed by atoms with Crippen LogP contribution in [0.2, 0.25) is 24.5 Å². The lowest BCUT2D eigenvalue weighted by molar-refractivity contribution is 0.604. The van der Waals surface area contributed by atoms with Gasteiger partial charge in [-0.2, -0.15) is 11.5 Å². The van der Waals surface area contributed by atoms with Gasteiger partial charge in [-0.3, -0.25) is 0 Å². The van der Waals surface area contributed by atoms with Gasteiger partial charge in [0.1, 0.15) is 8.24 Å². The Kier molecular flexibility index (Phi) is 6.09. The molecule has 0 heterocycles. The molecule has 0 aromatic heterocycles. The average Bonchev–Trinajstić information content (AvgIpc) is 2.12. The number of nitrogens with zero attached hydrogens (tertiary/aromatic N) is 1. The summed E-state index contributed by atoms with van der Waals surface area (Å²) in [6.45, 7) is 20.1.